The van der Waals surface area contributed by atoms with Crippen LogP contribution in [-0.2, 0) is 0 Å². The number of halogens is 3. The summed E-state index contributed by atoms with van der Waals surface area (Å²) in [5.41, 5.74) is 0. The van der Waals surface area contributed by atoms with Crippen LogP contribution in [0.15, 0.2) is 0 Å². The Morgan fingerprint density at radius 2 is 1.89 bits per heavy atom. The van der Waals surface area contributed by atoms with Gasteiger partial charge in [0.15, 0.2) is 0 Å². The first-order valence-corrected chi connectivity index (χ1v) is 7.37. The van der Waals surface area contributed by atoms with Crippen LogP contribution in [0.25, 0.3) is 0 Å². The molecule has 2 rings (SSSR count). The Kier molecular flexibility index (Phi) is 4.77. The van der Waals surface area contributed by atoms with Gasteiger partial charge in [0.05, 0.1) is 6.54 Å². The zero-order chi connectivity index (χ0) is 14.0. The molecule has 2 aliphatic rings. The molecule has 0 unspecified atom stereocenters. The van der Waals surface area contributed by atoms with Crippen molar-refractivity contribution >= 4 is 0 Å². The van der Waals surface area contributed by atoms with Crippen LogP contribution in [0.5, 0.6) is 0 Å². The highest BCUT2D eigenvalue weighted by Gasteiger charge is 2.36. The highest BCUT2D eigenvalue weighted by Crippen LogP contribution is 2.35. The number of hydrogen-bond acceptors (Lipinski definition) is 2. The summed E-state index contributed by atoms with van der Waals surface area (Å²) < 4.78 is 36.9. The van der Waals surface area contributed by atoms with Crippen molar-refractivity contribution in [2.45, 2.75) is 45.3 Å². The average Bonchev–Trinajstić information content (AvgIpc) is 2.99. The van der Waals surface area contributed by atoms with Crippen molar-refractivity contribution in [2.75, 3.05) is 26.2 Å². The molecule has 5 heteroatoms. The first-order valence-electron chi connectivity index (χ1n) is 7.37. The zero-order valence-electron chi connectivity index (χ0n) is 11.8. The predicted octanol–water partition coefficient (Wildman–Crippen LogP) is 2.89. The van der Waals surface area contributed by atoms with Gasteiger partial charge in [-0.15, -0.1) is 0 Å². The molecule has 0 bridgehead atoms. The first-order chi connectivity index (χ1) is 8.85. The van der Waals surface area contributed by atoms with Crippen LogP contribution in [0, 0.1) is 17.8 Å². The number of hydrogen-bond donors (Lipinski definition) is 1. The molecule has 112 valence electrons. The van der Waals surface area contributed by atoms with Gasteiger partial charge in [-0.3, -0.25) is 4.90 Å². The maximum absolute atomic E-state index is 12.3. The molecule has 0 spiro atoms. The fourth-order valence-corrected chi connectivity index (χ4v) is 3.18. The molecule has 2 nitrogen and oxygen atoms in total. The van der Waals surface area contributed by atoms with Gasteiger partial charge in [0.2, 0.25) is 0 Å². The largest absolute Gasteiger partial charge is 0.401 e. The minimum absolute atomic E-state index is 0.377. The van der Waals surface area contributed by atoms with E-state index in [1.54, 1.807) is 0 Å². The van der Waals surface area contributed by atoms with Crippen LogP contribution in [0.2, 0.25) is 0 Å². The SMILES string of the molecule is CC(C)[C@@H](NC[C@@H]1CCN(CC(F)(F)F)C1)C1CC1. The Hall–Kier alpha value is -0.290. The van der Waals surface area contributed by atoms with E-state index in [1.165, 1.54) is 17.7 Å². The number of likely N-dealkylation sites (tertiary alicyclic amines) is 1. The van der Waals surface area contributed by atoms with Gasteiger partial charge >= 0.3 is 6.18 Å². The Labute approximate surface area is 113 Å². The van der Waals surface area contributed by atoms with E-state index >= 15 is 0 Å². The lowest BCUT2D eigenvalue weighted by atomic mass is 9.98. The molecule has 2 atom stereocenters. The summed E-state index contributed by atoms with van der Waals surface area (Å²) in [5.74, 6) is 1.79. The second kappa shape index (κ2) is 6.00. The Bertz CT molecular complexity index is 285. The minimum Gasteiger partial charge on any atom is -0.313 e. The fourth-order valence-electron chi connectivity index (χ4n) is 3.18. The molecule has 1 aliphatic heterocycles. The number of rotatable bonds is 6. The van der Waals surface area contributed by atoms with Gasteiger partial charge in [0.1, 0.15) is 0 Å². The monoisotopic (exact) mass is 278 g/mol. The summed E-state index contributed by atoms with van der Waals surface area (Å²) in [7, 11) is 0. The summed E-state index contributed by atoms with van der Waals surface area (Å²) >= 11 is 0. The maximum Gasteiger partial charge on any atom is 0.401 e. The lowest BCUT2D eigenvalue weighted by Gasteiger charge is -2.24. The van der Waals surface area contributed by atoms with Crippen molar-refractivity contribution in [1.29, 1.82) is 0 Å². The molecule has 2 fully saturated rings. The van der Waals surface area contributed by atoms with Crippen LogP contribution in [0.3, 0.4) is 0 Å². The normalized spacial score (nSPS) is 27.2. The maximum atomic E-state index is 12.3. The molecule has 0 radical (unpaired) electrons. The number of alkyl halides is 3. The third kappa shape index (κ3) is 4.95. The molecular weight excluding hydrogens is 253 g/mol. The standard InChI is InChI=1S/C14H25F3N2/c1-10(2)13(12-3-4-12)18-7-11-5-6-19(8-11)9-14(15,16)17/h10-13,18H,3-9H2,1-2H3/t11-,13+/m0/s1. The predicted molar refractivity (Wildman–Crippen MR) is 70.0 cm³/mol. The molecular formula is C14H25F3N2. The van der Waals surface area contributed by atoms with Gasteiger partial charge in [0, 0.05) is 12.6 Å². The number of nitrogens with zero attached hydrogens (tertiary/aromatic N) is 1. The van der Waals surface area contributed by atoms with E-state index in [1.807, 2.05) is 0 Å². The second-order valence-electron chi connectivity index (χ2n) is 6.52. The van der Waals surface area contributed by atoms with E-state index in [-0.39, 0.29) is 0 Å². The first kappa shape index (κ1) is 15.1. The lowest BCUT2D eigenvalue weighted by molar-refractivity contribution is -0.143. The molecule has 0 aromatic rings. The van der Waals surface area contributed by atoms with Crippen LogP contribution in [0.1, 0.15) is 33.1 Å². The van der Waals surface area contributed by atoms with E-state index in [2.05, 4.69) is 19.2 Å². The van der Waals surface area contributed by atoms with Crippen molar-refractivity contribution in [3.05, 3.63) is 0 Å². The van der Waals surface area contributed by atoms with Crippen LogP contribution >= 0.6 is 0 Å². The van der Waals surface area contributed by atoms with Gasteiger partial charge in [0.25, 0.3) is 0 Å². The minimum atomic E-state index is -4.06. The quantitative estimate of drug-likeness (QED) is 0.803. The topological polar surface area (TPSA) is 15.3 Å². The summed E-state index contributed by atoms with van der Waals surface area (Å²) in [6.45, 7) is 5.73. The summed E-state index contributed by atoms with van der Waals surface area (Å²) in [4.78, 5) is 1.54. The van der Waals surface area contributed by atoms with E-state index in [0.717, 1.165) is 18.9 Å². The van der Waals surface area contributed by atoms with Gasteiger partial charge in [-0.25, -0.2) is 0 Å². The molecule has 19 heavy (non-hydrogen) atoms. The van der Waals surface area contributed by atoms with Crippen molar-refractivity contribution in [2.24, 2.45) is 17.8 Å². The van der Waals surface area contributed by atoms with Gasteiger partial charge in [-0.1, -0.05) is 13.8 Å². The molecule has 0 amide bonds. The molecule has 1 saturated heterocycles. The van der Waals surface area contributed by atoms with Gasteiger partial charge in [-0.2, -0.15) is 13.2 Å². The van der Waals surface area contributed by atoms with Crippen molar-refractivity contribution in [3.63, 3.8) is 0 Å². The molecule has 1 aliphatic carbocycles. The molecule has 1 heterocycles. The van der Waals surface area contributed by atoms with Crippen LogP contribution in [0.4, 0.5) is 13.2 Å². The Morgan fingerprint density at radius 1 is 1.21 bits per heavy atom. The van der Waals surface area contributed by atoms with Crippen molar-refractivity contribution in [1.82, 2.24) is 10.2 Å². The molecule has 0 aromatic heterocycles. The fraction of sp³-hybridized carbons (Fsp3) is 1.00. The third-order valence-corrected chi connectivity index (χ3v) is 4.26. The molecule has 1 saturated carbocycles. The van der Waals surface area contributed by atoms with Gasteiger partial charge in [-0.05, 0) is 50.1 Å². The lowest BCUT2D eigenvalue weighted by Crippen LogP contribution is -2.40. The summed E-state index contributed by atoms with van der Waals surface area (Å²) in [6, 6.07) is 0.552. The second-order valence-corrected chi connectivity index (χ2v) is 6.52. The highest BCUT2D eigenvalue weighted by molar-refractivity contribution is 4.89. The molecule has 0 aromatic carbocycles. The third-order valence-electron chi connectivity index (χ3n) is 4.26. The van der Waals surface area contributed by atoms with Crippen LogP contribution in [-0.4, -0.2) is 43.3 Å². The Morgan fingerprint density at radius 3 is 2.42 bits per heavy atom. The van der Waals surface area contributed by atoms with Crippen LogP contribution < -0.4 is 5.32 Å². The van der Waals surface area contributed by atoms with Crippen molar-refractivity contribution in [3.8, 4) is 0 Å². The highest BCUT2D eigenvalue weighted by atomic mass is 19.4. The average molecular weight is 278 g/mol. The van der Waals surface area contributed by atoms with Gasteiger partial charge < -0.3 is 5.32 Å². The number of nitrogens with one attached hydrogen (secondary N) is 1. The smallest absolute Gasteiger partial charge is 0.313 e. The van der Waals surface area contributed by atoms with Crippen molar-refractivity contribution < 1.29 is 13.2 Å². The van der Waals surface area contributed by atoms with E-state index in [9.17, 15) is 13.2 Å². The zero-order valence-corrected chi connectivity index (χ0v) is 11.8. The molecule has 1 N–H and O–H groups in total. The Balaban J connectivity index is 1.70. The summed E-state index contributed by atoms with van der Waals surface area (Å²) in [5, 5.41) is 3.60. The van der Waals surface area contributed by atoms with E-state index in [4.69, 9.17) is 0 Å². The van der Waals surface area contributed by atoms with E-state index < -0.39 is 12.7 Å². The van der Waals surface area contributed by atoms with E-state index in [0.29, 0.717) is 31.0 Å². The summed E-state index contributed by atoms with van der Waals surface area (Å²) in [6.07, 6.45) is -0.559.